The van der Waals surface area contributed by atoms with Crippen LogP contribution in [0.25, 0.3) is 10.8 Å². The second-order valence-electron chi connectivity index (χ2n) is 6.25. The Morgan fingerprint density at radius 3 is 2.88 bits per heavy atom. The predicted octanol–water partition coefficient (Wildman–Crippen LogP) is 3.74. The standard InChI is InChI=1S/C20H16FNO3/c21-14-8-9-16-13(10-14)11-18(25-20(16)24)19(23)22-17-7-3-5-12-4-1-2-6-15(12)17/h1-2,4,6,8-11,17H,3,5,7H2,(H,22,23). The van der Waals surface area contributed by atoms with Gasteiger partial charge in [0.15, 0.2) is 5.76 Å². The number of carbonyl (C=O) groups excluding carboxylic acids is 1. The summed E-state index contributed by atoms with van der Waals surface area (Å²) in [7, 11) is 0. The van der Waals surface area contributed by atoms with Crippen LogP contribution in [0.3, 0.4) is 0 Å². The molecule has 0 bridgehead atoms. The topological polar surface area (TPSA) is 59.3 Å². The van der Waals surface area contributed by atoms with E-state index in [1.807, 2.05) is 18.2 Å². The molecule has 0 saturated heterocycles. The summed E-state index contributed by atoms with van der Waals surface area (Å²) >= 11 is 0. The Morgan fingerprint density at radius 1 is 1.16 bits per heavy atom. The number of halogens is 1. The molecule has 0 spiro atoms. The zero-order chi connectivity index (χ0) is 17.4. The Hall–Kier alpha value is -2.95. The van der Waals surface area contributed by atoms with Gasteiger partial charge in [-0.15, -0.1) is 0 Å². The summed E-state index contributed by atoms with van der Waals surface area (Å²) in [4.78, 5) is 24.6. The molecule has 0 aliphatic heterocycles. The molecule has 0 radical (unpaired) electrons. The first kappa shape index (κ1) is 15.6. The van der Waals surface area contributed by atoms with Gasteiger partial charge in [-0.25, -0.2) is 9.18 Å². The van der Waals surface area contributed by atoms with Crippen molar-refractivity contribution in [1.29, 1.82) is 0 Å². The normalized spacial score (nSPS) is 16.4. The number of fused-ring (bicyclic) bond motifs is 2. The fourth-order valence-corrected chi connectivity index (χ4v) is 3.41. The third-order valence-corrected chi connectivity index (χ3v) is 4.62. The van der Waals surface area contributed by atoms with E-state index >= 15 is 0 Å². The van der Waals surface area contributed by atoms with Crippen LogP contribution in [0.2, 0.25) is 0 Å². The summed E-state index contributed by atoms with van der Waals surface area (Å²) in [5.74, 6) is -1.04. The van der Waals surface area contributed by atoms with Gasteiger partial charge in [0.2, 0.25) is 0 Å². The number of amides is 1. The maximum Gasteiger partial charge on any atom is 0.344 e. The zero-order valence-electron chi connectivity index (χ0n) is 13.4. The number of aryl methyl sites for hydroxylation is 1. The molecule has 1 N–H and O–H groups in total. The number of carbonyl (C=O) groups is 1. The van der Waals surface area contributed by atoms with Gasteiger partial charge < -0.3 is 9.73 Å². The van der Waals surface area contributed by atoms with Crippen LogP contribution in [0.5, 0.6) is 0 Å². The van der Waals surface area contributed by atoms with E-state index in [1.165, 1.54) is 29.8 Å². The quantitative estimate of drug-likeness (QED) is 0.775. The molecule has 0 fully saturated rings. The van der Waals surface area contributed by atoms with Crippen molar-refractivity contribution in [3.8, 4) is 0 Å². The van der Waals surface area contributed by atoms with Crippen molar-refractivity contribution in [2.75, 3.05) is 0 Å². The lowest BCUT2D eigenvalue weighted by Gasteiger charge is -2.26. The highest BCUT2D eigenvalue weighted by Crippen LogP contribution is 2.29. The first-order chi connectivity index (χ1) is 12.1. The summed E-state index contributed by atoms with van der Waals surface area (Å²) in [5, 5.41) is 3.54. The average Bonchev–Trinajstić information content (AvgIpc) is 2.61. The Labute approximate surface area is 143 Å². The zero-order valence-corrected chi connectivity index (χ0v) is 13.4. The monoisotopic (exact) mass is 337 g/mol. The molecule has 1 aliphatic carbocycles. The van der Waals surface area contributed by atoms with Crippen LogP contribution in [0, 0.1) is 5.82 Å². The van der Waals surface area contributed by atoms with E-state index in [-0.39, 0.29) is 17.2 Å². The molecular formula is C20H16FNO3. The Bertz CT molecular complexity index is 1020. The van der Waals surface area contributed by atoms with Gasteiger partial charge in [0.25, 0.3) is 5.91 Å². The highest BCUT2D eigenvalue weighted by atomic mass is 19.1. The molecule has 5 heteroatoms. The van der Waals surface area contributed by atoms with Crippen molar-refractivity contribution in [2.24, 2.45) is 0 Å². The molecule has 3 aromatic rings. The second-order valence-corrected chi connectivity index (χ2v) is 6.25. The Balaban J connectivity index is 1.66. The number of benzene rings is 2. The maximum absolute atomic E-state index is 13.4. The largest absolute Gasteiger partial charge is 0.417 e. The number of rotatable bonds is 2. The smallest absolute Gasteiger partial charge is 0.344 e. The van der Waals surface area contributed by atoms with E-state index in [1.54, 1.807) is 0 Å². The van der Waals surface area contributed by atoms with Gasteiger partial charge in [0.1, 0.15) is 5.82 Å². The van der Waals surface area contributed by atoms with E-state index < -0.39 is 17.3 Å². The highest BCUT2D eigenvalue weighted by Gasteiger charge is 2.23. The SMILES string of the molecule is O=C(NC1CCCc2ccccc21)c1cc2cc(F)ccc2c(=O)o1. The van der Waals surface area contributed by atoms with E-state index in [4.69, 9.17) is 4.42 Å². The predicted molar refractivity (Wildman–Crippen MR) is 92.0 cm³/mol. The van der Waals surface area contributed by atoms with E-state index in [0.29, 0.717) is 5.39 Å². The summed E-state index contributed by atoms with van der Waals surface area (Å²) in [6, 6.07) is 13.1. The lowest BCUT2D eigenvalue weighted by atomic mass is 9.87. The van der Waals surface area contributed by atoms with E-state index in [9.17, 15) is 14.0 Å². The molecular weight excluding hydrogens is 321 g/mol. The van der Waals surface area contributed by atoms with Crippen LogP contribution < -0.4 is 10.9 Å². The lowest BCUT2D eigenvalue weighted by molar-refractivity contribution is 0.0900. The van der Waals surface area contributed by atoms with Crippen LogP contribution >= 0.6 is 0 Å². The third kappa shape index (κ3) is 2.93. The second kappa shape index (κ2) is 6.16. The first-order valence-corrected chi connectivity index (χ1v) is 8.24. The van der Waals surface area contributed by atoms with Crippen LogP contribution in [-0.2, 0) is 6.42 Å². The molecule has 4 rings (SSSR count). The van der Waals surface area contributed by atoms with Crippen molar-refractivity contribution in [1.82, 2.24) is 5.32 Å². The highest BCUT2D eigenvalue weighted by molar-refractivity contribution is 5.95. The van der Waals surface area contributed by atoms with Crippen molar-refractivity contribution in [2.45, 2.75) is 25.3 Å². The lowest BCUT2D eigenvalue weighted by Crippen LogP contribution is -2.31. The fraction of sp³-hybridized carbons (Fsp3) is 0.200. The van der Waals surface area contributed by atoms with Gasteiger partial charge in [0, 0.05) is 0 Å². The average molecular weight is 337 g/mol. The summed E-state index contributed by atoms with van der Waals surface area (Å²) in [6.07, 6.45) is 2.80. The van der Waals surface area contributed by atoms with Crippen LogP contribution in [0.1, 0.15) is 40.6 Å². The molecule has 1 unspecified atom stereocenters. The molecule has 25 heavy (non-hydrogen) atoms. The van der Waals surface area contributed by atoms with Gasteiger partial charge in [0.05, 0.1) is 11.4 Å². The minimum atomic E-state index is -0.647. The minimum Gasteiger partial charge on any atom is -0.417 e. The van der Waals surface area contributed by atoms with Crippen LogP contribution in [-0.4, -0.2) is 5.91 Å². The number of nitrogens with one attached hydrogen (secondary N) is 1. The van der Waals surface area contributed by atoms with Gasteiger partial charge >= 0.3 is 5.63 Å². The minimum absolute atomic E-state index is 0.105. The Kier molecular flexibility index (Phi) is 3.84. The molecule has 0 saturated carbocycles. The van der Waals surface area contributed by atoms with E-state index in [2.05, 4.69) is 11.4 Å². The van der Waals surface area contributed by atoms with Crippen molar-refractivity contribution in [3.63, 3.8) is 0 Å². The molecule has 4 nitrogen and oxygen atoms in total. The maximum atomic E-state index is 13.4. The van der Waals surface area contributed by atoms with Gasteiger partial charge in [-0.2, -0.15) is 0 Å². The summed E-state index contributed by atoms with van der Waals surface area (Å²) in [6.45, 7) is 0. The summed E-state index contributed by atoms with van der Waals surface area (Å²) < 4.78 is 18.5. The van der Waals surface area contributed by atoms with Crippen molar-refractivity contribution in [3.05, 3.63) is 81.7 Å². The molecule has 2 aromatic carbocycles. The van der Waals surface area contributed by atoms with Crippen molar-refractivity contribution < 1.29 is 13.6 Å². The summed E-state index contributed by atoms with van der Waals surface area (Å²) in [5.41, 5.74) is 1.67. The molecule has 1 amide bonds. The van der Waals surface area contributed by atoms with Crippen LogP contribution in [0.4, 0.5) is 4.39 Å². The third-order valence-electron chi connectivity index (χ3n) is 4.62. The van der Waals surface area contributed by atoms with E-state index in [0.717, 1.165) is 24.8 Å². The Morgan fingerprint density at radius 2 is 2.00 bits per heavy atom. The van der Waals surface area contributed by atoms with Crippen molar-refractivity contribution >= 4 is 16.7 Å². The number of hydrogen-bond acceptors (Lipinski definition) is 3. The first-order valence-electron chi connectivity index (χ1n) is 8.24. The fourth-order valence-electron chi connectivity index (χ4n) is 3.41. The molecule has 1 aliphatic rings. The number of hydrogen-bond donors (Lipinski definition) is 1. The molecule has 1 heterocycles. The molecule has 126 valence electrons. The van der Waals surface area contributed by atoms with Crippen LogP contribution in [0.15, 0.2) is 57.7 Å². The van der Waals surface area contributed by atoms with Gasteiger partial charge in [-0.3, -0.25) is 4.79 Å². The molecule has 1 aromatic heterocycles. The van der Waals surface area contributed by atoms with Gasteiger partial charge in [-0.1, -0.05) is 24.3 Å². The van der Waals surface area contributed by atoms with Gasteiger partial charge in [-0.05, 0) is 60.0 Å². The molecule has 1 atom stereocenters.